The van der Waals surface area contributed by atoms with E-state index in [0.717, 1.165) is 39.3 Å². The molecule has 0 saturated carbocycles. The number of amides is 1. The molecule has 0 spiro atoms. The SMILES string of the molecule is Cc1cc(/C=N/NC(=O)CCc2cc(C(C)(C)C)c(O)c(C(C)(C)C)c2)c(C)n1-c1ccccc1. The second kappa shape index (κ2) is 10.1. The minimum atomic E-state index is -0.196. The fourth-order valence-electron chi connectivity index (χ4n) is 4.36. The Morgan fingerprint density at radius 1 is 0.971 bits per heavy atom. The van der Waals surface area contributed by atoms with E-state index in [4.69, 9.17) is 0 Å². The highest BCUT2D eigenvalue weighted by Crippen LogP contribution is 2.40. The van der Waals surface area contributed by atoms with Crippen molar-refractivity contribution in [1.29, 1.82) is 0 Å². The lowest BCUT2D eigenvalue weighted by atomic mass is 9.78. The maximum Gasteiger partial charge on any atom is 0.240 e. The number of carbonyl (C=O) groups excluding carboxylic acids is 1. The Hall–Kier alpha value is -3.34. The number of nitrogens with one attached hydrogen (secondary N) is 1. The van der Waals surface area contributed by atoms with Crippen LogP contribution in [-0.2, 0) is 22.0 Å². The topological polar surface area (TPSA) is 66.6 Å². The molecule has 0 fully saturated rings. The maximum atomic E-state index is 12.5. The van der Waals surface area contributed by atoms with Gasteiger partial charge in [-0.25, -0.2) is 5.43 Å². The van der Waals surface area contributed by atoms with Gasteiger partial charge < -0.3 is 9.67 Å². The zero-order valence-corrected chi connectivity index (χ0v) is 22.4. The van der Waals surface area contributed by atoms with Crippen molar-refractivity contribution >= 4 is 12.1 Å². The second-order valence-corrected chi connectivity index (χ2v) is 11.3. The van der Waals surface area contributed by atoms with Crippen molar-refractivity contribution in [3.8, 4) is 11.4 Å². The van der Waals surface area contributed by atoms with Gasteiger partial charge in [-0.15, -0.1) is 0 Å². The molecule has 0 bridgehead atoms. The van der Waals surface area contributed by atoms with Crippen molar-refractivity contribution < 1.29 is 9.90 Å². The molecule has 2 N–H and O–H groups in total. The quantitative estimate of drug-likeness (QED) is 0.318. The summed E-state index contributed by atoms with van der Waals surface area (Å²) in [4.78, 5) is 12.5. The molecule has 0 unspecified atom stereocenters. The number of phenolic OH excluding ortho intramolecular Hbond substituents is 1. The smallest absolute Gasteiger partial charge is 0.240 e. The summed E-state index contributed by atoms with van der Waals surface area (Å²) in [6.07, 6.45) is 2.60. The van der Waals surface area contributed by atoms with Crippen LogP contribution < -0.4 is 5.43 Å². The van der Waals surface area contributed by atoms with Crippen molar-refractivity contribution in [2.24, 2.45) is 5.10 Å². The number of carbonyl (C=O) groups is 1. The summed E-state index contributed by atoms with van der Waals surface area (Å²) >= 11 is 0. The third-order valence-electron chi connectivity index (χ3n) is 6.30. The van der Waals surface area contributed by atoms with E-state index in [2.05, 4.69) is 81.8 Å². The molecule has 0 aliphatic rings. The number of hydrogen-bond donors (Lipinski definition) is 2. The minimum absolute atomic E-state index is 0.138. The van der Waals surface area contributed by atoms with Crippen LogP contribution in [0.2, 0.25) is 0 Å². The highest BCUT2D eigenvalue weighted by molar-refractivity contribution is 5.84. The third kappa shape index (κ3) is 6.21. The van der Waals surface area contributed by atoms with E-state index in [1.165, 1.54) is 0 Å². The Morgan fingerprint density at radius 2 is 1.54 bits per heavy atom. The molecule has 1 aromatic heterocycles. The maximum absolute atomic E-state index is 12.5. The molecule has 35 heavy (non-hydrogen) atoms. The van der Waals surface area contributed by atoms with Gasteiger partial charge in [-0.1, -0.05) is 71.9 Å². The van der Waals surface area contributed by atoms with E-state index >= 15 is 0 Å². The van der Waals surface area contributed by atoms with Gasteiger partial charge in [0.05, 0.1) is 6.21 Å². The Bertz CT molecular complexity index is 1190. The molecule has 5 heteroatoms. The molecule has 3 rings (SSSR count). The fourth-order valence-corrected chi connectivity index (χ4v) is 4.36. The molecule has 0 aliphatic heterocycles. The van der Waals surface area contributed by atoms with Crippen molar-refractivity contribution in [3.05, 3.63) is 82.2 Å². The van der Waals surface area contributed by atoms with Gasteiger partial charge >= 0.3 is 0 Å². The van der Waals surface area contributed by atoms with Crippen LogP contribution in [0.4, 0.5) is 0 Å². The number of rotatable bonds is 6. The predicted molar refractivity (Wildman–Crippen MR) is 145 cm³/mol. The summed E-state index contributed by atoms with van der Waals surface area (Å²) in [5, 5.41) is 15.1. The summed E-state index contributed by atoms with van der Waals surface area (Å²) in [5.41, 5.74) is 9.39. The molecule has 0 radical (unpaired) electrons. The molecule has 0 atom stereocenters. The first kappa shape index (κ1) is 26.3. The average molecular weight is 474 g/mol. The van der Waals surface area contributed by atoms with Crippen LogP contribution in [0.15, 0.2) is 53.6 Å². The van der Waals surface area contributed by atoms with Gasteiger partial charge in [0.2, 0.25) is 5.91 Å². The van der Waals surface area contributed by atoms with Crippen molar-refractivity contribution in [2.45, 2.75) is 79.1 Å². The Labute approximate surface area is 209 Å². The molecular formula is C30H39N3O2. The van der Waals surface area contributed by atoms with Gasteiger partial charge in [0, 0.05) is 29.1 Å². The Morgan fingerprint density at radius 3 is 2.09 bits per heavy atom. The van der Waals surface area contributed by atoms with E-state index in [-0.39, 0.29) is 16.7 Å². The first-order valence-corrected chi connectivity index (χ1v) is 12.2. The van der Waals surface area contributed by atoms with E-state index < -0.39 is 0 Å². The highest BCUT2D eigenvalue weighted by atomic mass is 16.3. The summed E-state index contributed by atoms with van der Waals surface area (Å²) in [6.45, 7) is 16.7. The normalized spacial score (nSPS) is 12.3. The third-order valence-corrected chi connectivity index (χ3v) is 6.30. The molecule has 2 aromatic carbocycles. The number of hydrazone groups is 1. The first-order chi connectivity index (χ1) is 16.3. The number of hydrogen-bond acceptors (Lipinski definition) is 3. The minimum Gasteiger partial charge on any atom is -0.507 e. The van der Waals surface area contributed by atoms with Gasteiger partial charge in [-0.05, 0) is 66.0 Å². The van der Waals surface area contributed by atoms with Crippen LogP contribution in [0.5, 0.6) is 5.75 Å². The van der Waals surface area contributed by atoms with E-state index in [1.54, 1.807) is 6.21 Å². The van der Waals surface area contributed by atoms with Gasteiger partial charge in [-0.2, -0.15) is 5.10 Å². The lowest BCUT2D eigenvalue weighted by Crippen LogP contribution is -2.20. The Balaban J connectivity index is 1.70. The summed E-state index contributed by atoms with van der Waals surface area (Å²) in [7, 11) is 0. The number of aromatic nitrogens is 1. The molecule has 1 amide bonds. The van der Waals surface area contributed by atoms with Crippen molar-refractivity contribution in [3.63, 3.8) is 0 Å². The van der Waals surface area contributed by atoms with Gasteiger partial charge in [0.15, 0.2) is 0 Å². The first-order valence-electron chi connectivity index (χ1n) is 12.2. The van der Waals surface area contributed by atoms with Crippen LogP contribution >= 0.6 is 0 Å². The van der Waals surface area contributed by atoms with Crippen LogP contribution in [0.1, 0.15) is 81.6 Å². The number of aryl methyl sites for hydroxylation is 2. The molecule has 186 valence electrons. The fraction of sp³-hybridized carbons (Fsp3) is 0.400. The number of benzene rings is 2. The zero-order valence-electron chi connectivity index (χ0n) is 22.4. The second-order valence-electron chi connectivity index (χ2n) is 11.3. The Kier molecular flexibility index (Phi) is 7.59. The molecular weight excluding hydrogens is 434 g/mol. The molecule has 0 aliphatic carbocycles. The van der Waals surface area contributed by atoms with Crippen LogP contribution in [-0.4, -0.2) is 21.8 Å². The lowest BCUT2D eigenvalue weighted by Gasteiger charge is -2.28. The highest BCUT2D eigenvalue weighted by Gasteiger charge is 2.26. The summed E-state index contributed by atoms with van der Waals surface area (Å²) in [6, 6.07) is 16.3. The lowest BCUT2D eigenvalue weighted by molar-refractivity contribution is -0.121. The standard InChI is InChI=1S/C30H39N3O2/c1-20-16-23(21(2)33(20)24-12-10-9-11-13-24)19-31-32-27(34)15-14-22-17-25(29(3,4)5)28(35)26(18-22)30(6,7)8/h9-13,16-19,35H,14-15H2,1-8H3,(H,32,34)/b31-19+. The zero-order chi connectivity index (χ0) is 26.0. The van der Waals surface area contributed by atoms with E-state index in [9.17, 15) is 9.90 Å². The summed E-state index contributed by atoms with van der Waals surface area (Å²) in [5.74, 6) is 0.219. The van der Waals surface area contributed by atoms with Gasteiger partial charge in [0.1, 0.15) is 5.75 Å². The average Bonchev–Trinajstić information content (AvgIpc) is 3.05. The molecule has 3 aromatic rings. The molecule has 1 heterocycles. The molecule has 5 nitrogen and oxygen atoms in total. The van der Waals surface area contributed by atoms with Crippen molar-refractivity contribution in [2.75, 3.05) is 0 Å². The number of nitrogens with zero attached hydrogens (tertiary/aromatic N) is 2. The number of phenols is 1. The van der Waals surface area contributed by atoms with Crippen LogP contribution in [0.3, 0.4) is 0 Å². The number of aromatic hydroxyl groups is 1. The predicted octanol–water partition coefficient (Wildman–Crippen LogP) is 6.48. The molecule has 0 saturated heterocycles. The van der Waals surface area contributed by atoms with Crippen LogP contribution in [0.25, 0.3) is 5.69 Å². The monoisotopic (exact) mass is 473 g/mol. The van der Waals surface area contributed by atoms with E-state index in [0.29, 0.717) is 18.6 Å². The van der Waals surface area contributed by atoms with E-state index in [1.807, 2.05) is 37.3 Å². The van der Waals surface area contributed by atoms with Gasteiger partial charge in [0.25, 0.3) is 0 Å². The number of para-hydroxylation sites is 1. The van der Waals surface area contributed by atoms with Crippen molar-refractivity contribution in [1.82, 2.24) is 9.99 Å². The van der Waals surface area contributed by atoms with Gasteiger partial charge in [-0.3, -0.25) is 4.79 Å². The van der Waals surface area contributed by atoms with Crippen LogP contribution in [0, 0.1) is 13.8 Å². The largest absolute Gasteiger partial charge is 0.507 e. The summed E-state index contributed by atoms with van der Waals surface area (Å²) < 4.78 is 2.17.